The first-order valence-corrected chi connectivity index (χ1v) is 23.9. The molecule has 4 aromatic rings. The van der Waals surface area contributed by atoms with Crippen molar-refractivity contribution in [1.29, 1.82) is 0 Å². The molecule has 0 saturated carbocycles. The van der Waals surface area contributed by atoms with Crippen LogP contribution in [0.3, 0.4) is 0 Å². The van der Waals surface area contributed by atoms with Crippen LogP contribution in [0.15, 0.2) is 48.5 Å². The molecule has 1 aromatic carbocycles. The van der Waals surface area contributed by atoms with E-state index in [-0.39, 0.29) is 0 Å². The number of aliphatic hydroxyl groups is 1. The molecule has 5 heteroatoms. The molecule has 0 saturated heterocycles. The van der Waals surface area contributed by atoms with Gasteiger partial charge in [-0.2, -0.15) is 0 Å². The first-order chi connectivity index (χ1) is 28.9. The fourth-order valence-corrected chi connectivity index (χ4v) is 9.23. The highest BCUT2D eigenvalue weighted by molar-refractivity contribution is 5.94. The third-order valence-electron chi connectivity index (χ3n) is 12.7. The van der Waals surface area contributed by atoms with E-state index >= 15 is 0 Å². The minimum atomic E-state index is -0.806. The van der Waals surface area contributed by atoms with E-state index in [4.69, 9.17) is 9.97 Å². The summed E-state index contributed by atoms with van der Waals surface area (Å²) in [4.78, 5) is 18.7. The molecule has 0 amide bonds. The number of fused-ring (bicyclic) bond motifs is 8. The molecular formula is C54H74N4O. The molecule has 5 nitrogen and oxygen atoms in total. The molecule has 0 radical (unpaired) electrons. The Labute approximate surface area is 356 Å². The van der Waals surface area contributed by atoms with Crippen LogP contribution in [-0.2, 0) is 24.9 Å². The van der Waals surface area contributed by atoms with Crippen LogP contribution in [0.2, 0.25) is 0 Å². The van der Waals surface area contributed by atoms with Gasteiger partial charge in [0.25, 0.3) is 0 Å². The number of aromatic nitrogens is 4. The van der Waals surface area contributed by atoms with E-state index in [0.717, 1.165) is 126 Å². The fraction of sp³-hybridized carbons (Fsp3) is 0.519. The van der Waals surface area contributed by atoms with Crippen molar-refractivity contribution in [1.82, 2.24) is 19.9 Å². The third kappa shape index (κ3) is 11.3. The Balaban J connectivity index is 1.55. The molecule has 2 aliphatic rings. The van der Waals surface area contributed by atoms with Gasteiger partial charge in [-0.25, -0.2) is 9.97 Å². The zero-order valence-corrected chi connectivity index (χ0v) is 37.3. The normalized spacial score (nSPS) is 12.6. The second kappa shape index (κ2) is 22.4. The lowest BCUT2D eigenvalue weighted by atomic mass is 9.83. The van der Waals surface area contributed by atoms with Crippen LogP contribution in [-0.4, -0.2) is 25.0 Å². The minimum absolute atomic E-state index is 0.806. The molecule has 3 aromatic heterocycles. The van der Waals surface area contributed by atoms with Gasteiger partial charge in [0.15, 0.2) is 0 Å². The van der Waals surface area contributed by atoms with E-state index in [1.807, 2.05) is 0 Å². The Kier molecular flexibility index (Phi) is 16.8. The summed E-state index contributed by atoms with van der Waals surface area (Å²) < 4.78 is 0. The lowest BCUT2D eigenvalue weighted by Gasteiger charge is -2.29. The highest BCUT2D eigenvalue weighted by Crippen LogP contribution is 2.37. The van der Waals surface area contributed by atoms with Crippen LogP contribution in [0.25, 0.3) is 57.5 Å². The average Bonchev–Trinajstić information content (AvgIpc) is 4.10. The van der Waals surface area contributed by atoms with Gasteiger partial charge in [0, 0.05) is 44.3 Å². The molecule has 0 spiro atoms. The third-order valence-corrected chi connectivity index (χ3v) is 12.7. The number of aryl methyl sites for hydroxylation is 2. The summed E-state index contributed by atoms with van der Waals surface area (Å²) in [5, 5.41) is 12.3. The van der Waals surface area contributed by atoms with E-state index in [1.165, 1.54) is 93.7 Å². The summed E-state index contributed by atoms with van der Waals surface area (Å²) >= 11 is 0. The lowest BCUT2D eigenvalue weighted by molar-refractivity contribution is 0.0133. The molecule has 3 N–H and O–H groups in total. The number of hydrogen-bond donors (Lipinski definition) is 3. The van der Waals surface area contributed by atoms with Crippen LogP contribution in [0.5, 0.6) is 0 Å². The van der Waals surface area contributed by atoms with Gasteiger partial charge in [0.05, 0.1) is 28.4 Å². The topological polar surface area (TPSA) is 77.6 Å². The molecule has 2 aliphatic heterocycles. The van der Waals surface area contributed by atoms with Gasteiger partial charge in [0.2, 0.25) is 0 Å². The maximum Gasteiger partial charge on any atom is 0.0896 e. The Morgan fingerprint density at radius 3 is 1.29 bits per heavy atom. The largest absolute Gasteiger partial charge is 0.385 e. The van der Waals surface area contributed by atoms with E-state index < -0.39 is 5.60 Å². The molecule has 5 heterocycles. The number of benzene rings is 1. The summed E-state index contributed by atoms with van der Waals surface area (Å²) in [6.45, 7) is 11.3. The molecule has 8 bridgehead atoms. The Morgan fingerprint density at radius 2 is 0.831 bits per heavy atom. The molecule has 6 rings (SSSR count). The summed E-state index contributed by atoms with van der Waals surface area (Å²) in [6.07, 6.45) is 33.4. The number of aromatic amines is 2. The number of rotatable bonds is 24. The van der Waals surface area contributed by atoms with Crippen molar-refractivity contribution in [3.63, 3.8) is 0 Å². The quantitative estimate of drug-likeness (QED) is 0.0534. The van der Waals surface area contributed by atoms with Gasteiger partial charge in [-0.3, -0.25) is 0 Å². The molecule has 0 aliphatic carbocycles. The van der Waals surface area contributed by atoms with Crippen LogP contribution >= 0.6 is 0 Å². The van der Waals surface area contributed by atoms with Gasteiger partial charge in [-0.05, 0) is 105 Å². The summed E-state index contributed by atoms with van der Waals surface area (Å²) in [5.41, 5.74) is 14.9. The van der Waals surface area contributed by atoms with Crippen LogP contribution < -0.4 is 0 Å². The van der Waals surface area contributed by atoms with E-state index in [1.54, 1.807) is 0 Å². The molecule has 316 valence electrons. The standard InChI is InChI=1S/C54H74N4O/c1-6-11-15-19-24-43-47-31-30-45(55-47)42(23-10-5)46-34-36-51(57-46)53(52-37-35-50(58-52)44(25-20-16-12-7-2)49-33-32-48(43)56-49)40-26-28-41(29-27-40)54(59,38-21-17-13-8-3)39-22-18-14-9-4/h26-37,57-59H,6-25,38-39H2,1-5H3. The van der Waals surface area contributed by atoms with Crippen molar-refractivity contribution < 1.29 is 5.11 Å². The van der Waals surface area contributed by atoms with Crippen molar-refractivity contribution in [3.05, 3.63) is 93.6 Å². The molecule has 59 heavy (non-hydrogen) atoms. The maximum absolute atomic E-state index is 12.3. The van der Waals surface area contributed by atoms with Gasteiger partial charge < -0.3 is 15.1 Å². The zero-order chi connectivity index (χ0) is 41.5. The summed E-state index contributed by atoms with van der Waals surface area (Å²) in [5.74, 6) is 0. The highest BCUT2D eigenvalue weighted by atomic mass is 16.3. The number of nitrogens with zero attached hydrogens (tertiary/aromatic N) is 2. The summed E-state index contributed by atoms with van der Waals surface area (Å²) in [7, 11) is 0. The van der Waals surface area contributed by atoms with Gasteiger partial charge in [-0.1, -0.05) is 155 Å². The monoisotopic (exact) mass is 795 g/mol. The summed E-state index contributed by atoms with van der Waals surface area (Å²) in [6, 6.07) is 17.9. The second-order valence-corrected chi connectivity index (χ2v) is 17.4. The Hall–Kier alpha value is -4.22. The Bertz CT molecular complexity index is 2150. The van der Waals surface area contributed by atoms with Crippen molar-refractivity contribution >= 4 is 46.4 Å². The number of H-pyrrole nitrogens is 2. The molecule has 0 atom stereocenters. The van der Waals surface area contributed by atoms with Crippen LogP contribution in [0.1, 0.15) is 202 Å². The van der Waals surface area contributed by atoms with Crippen LogP contribution in [0, 0.1) is 0 Å². The highest BCUT2D eigenvalue weighted by Gasteiger charge is 2.28. The lowest BCUT2D eigenvalue weighted by Crippen LogP contribution is -2.25. The fourth-order valence-electron chi connectivity index (χ4n) is 9.23. The molecular weight excluding hydrogens is 721 g/mol. The first-order valence-electron chi connectivity index (χ1n) is 23.9. The van der Waals surface area contributed by atoms with E-state index in [9.17, 15) is 5.11 Å². The molecule has 0 unspecified atom stereocenters. The number of nitrogens with one attached hydrogen (secondary N) is 2. The molecule has 0 fully saturated rings. The van der Waals surface area contributed by atoms with Crippen LogP contribution in [0.4, 0.5) is 0 Å². The van der Waals surface area contributed by atoms with Gasteiger partial charge in [-0.15, -0.1) is 0 Å². The minimum Gasteiger partial charge on any atom is -0.385 e. The SMILES string of the molecule is CCCCCCc1c2nc(c(CCC)c3ccc([nH]3)c(-c3ccc(C(O)(CCCCCC)CCCCCC)cc3)c3ccc([nH]3)c(CCCCCC)c3nc1C=C3)C=C2. The smallest absolute Gasteiger partial charge is 0.0896 e. The predicted molar refractivity (Wildman–Crippen MR) is 255 cm³/mol. The van der Waals surface area contributed by atoms with E-state index in [0.29, 0.717) is 0 Å². The number of hydrogen-bond acceptors (Lipinski definition) is 3. The zero-order valence-electron chi connectivity index (χ0n) is 37.3. The second-order valence-electron chi connectivity index (χ2n) is 17.4. The average molecular weight is 795 g/mol. The van der Waals surface area contributed by atoms with Crippen molar-refractivity contribution in [2.75, 3.05) is 0 Å². The van der Waals surface area contributed by atoms with Crippen molar-refractivity contribution in [2.24, 2.45) is 0 Å². The predicted octanol–water partition coefficient (Wildman–Crippen LogP) is 15.6. The van der Waals surface area contributed by atoms with Crippen molar-refractivity contribution in [2.45, 2.75) is 181 Å². The first kappa shape index (κ1) is 44.3. The maximum atomic E-state index is 12.3. The Morgan fingerprint density at radius 1 is 0.424 bits per heavy atom. The van der Waals surface area contributed by atoms with Gasteiger partial charge >= 0.3 is 0 Å². The van der Waals surface area contributed by atoms with Gasteiger partial charge in [0.1, 0.15) is 0 Å². The van der Waals surface area contributed by atoms with Crippen molar-refractivity contribution in [3.8, 4) is 11.1 Å². The van der Waals surface area contributed by atoms with E-state index in [2.05, 4.69) is 117 Å². The number of unbranched alkanes of at least 4 members (excludes halogenated alkanes) is 12.